The lowest BCUT2D eigenvalue weighted by molar-refractivity contribution is 0.232. The highest BCUT2D eigenvalue weighted by molar-refractivity contribution is 4.94. The van der Waals surface area contributed by atoms with Crippen molar-refractivity contribution in [2.75, 3.05) is 20.1 Å². The molecular weight excluding hydrogens is 160 g/mol. The first-order chi connectivity index (χ1) is 6.29. The van der Waals surface area contributed by atoms with Gasteiger partial charge in [0.1, 0.15) is 0 Å². The molecule has 1 aliphatic carbocycles. The Kier molecular flexibility index (Phi) is 2.89. The summed E-state index contributed by atoms with van der Waals surface area (Å²) in [5.41, 5.74) is 0. The maximum absolute atomic E-state index is 3.79. The predicted octanol–water partition coefficient (Wildman–Crippen LogP) is 1.47. The maximum atomic E-state index is 3.79. The van der Waals surface area contributed by atoms with Gasteiger partial charge in [-0.05, 0) is 45.3 Å². The molecule has 0 aromatic rings. The number of hydrogen-bond acceptors (Lipinski definition) is 2. The van der Waals surface area contributed by atoms with E-state index in [1.165, 1.54) is 38.8 Å². The van der Waals surface area contributed by atoms with Gasteiger partial charge in [-0.3, -0.25) is 0 Å². The van der Waals surface area contributed by atoms with E-state index in [1.54, 1.807) is 0 Å². The van der Waals surface area contributed by atoms with Crippen LogP contribution < -0.4 is 5.32 Å². The Morgan fingerprint density at radius 2 is 2.00 bits per heavy atom. The lowest BCUT2D eigenvalue weighted by Crippen LogP contribution is -2.42. The van der Waals surface area contributed by atoms with Gasteiger partial charge in [-0.15, -0.1) is 0 Å². The van der Waals surface area contributed by atoms with E-state index in [0.717, 1.165) is 18.0 Å². The number of nitrogens with zero attached hydrogens (tertiary/aromatic N) is 1. The predicted molar refractivity (Wildman–Crippen MR) is 55.8 cm³/mol. The van der Waals surface area contributed by atoms with Gasteiger partial charge in [0.15, 0.2) is 0 Å². The smallest absolute Gasteiger partial charge is 0.0102 e. The SMILES string of the molecule is CCC1CC1NC1CCN(C)CC1. The largest absolute Gasteiger partial charge is 0.311 e. The van der Waals surface area contributed by atoms with E-state index in [2.05, 4.69) is 24.2 Å². The summed E-state index contributed by atoms with van der Waals surface area (Å²) in [5, 5.41) is 3.79. The van der Waals surface area contributed by atoms with Crippen molar-refractivity contribution in [2.45, 2.75) is 44.7 Å². The molecule has 0 radical (unpaired) electrons. The van der Waals surface area contributed by atoms with Gasteiger partial charge in [0.05, 0.1) is 0 Å². The molecule has 1 heterocycles. The van der Waals surface area contributed by atoms with Crippen molar-refractivity contribution in [2.24, 2.45) is 5.92 Å². The highest BCUT2D eigenvalue weighted by Crippen LogP contribution is 2.34. The summed E-state index contributed by atoms with van der Waals surface area (Å²) in [7, 11) is 2.22. The lowest BCUT2D eigenvalue weighted by atomic mass is 10.1. The van der Waals surface area contributed by atoms with E-state index >= 15 is 0 Å². The third kappa shape index (κ3) is 2.44. The first kappa shape index (κ1) is 9.47. The molecule has 2 nitrogen and oxygen atoms in total. The molecule has 1 N–H and O–H groups in total. The maximum Gasteiger partial charge on any atom is 0.0102 e. The molecule has 1 saturated heterocycles. The van der Waals surface area contributed by atoms with E-state index in [0.29, 0.717) is 0 Å². The van der Waals surface area contributed by atoms with Gasteiger partial charge in [0.2, 0.25) is 0 Å². The van der Waals surface area contributed by atoms with E-state index in [4.69, 9.17) is 0 Å². The van der Waals surface area contributed by atoms with Crippen LogP contribution >= 0.6 is 0 Å². The molecule has 1 saturated carbocycles. The van der Waals surface area contributed by atoms with Crippen LogP contribution in [0.4, 0.5) is 0 Å². The average Bonchev–Trinajstić information content (AvgIpc) is 2.88. The molecule has 2 unspecified atom stereocenters. The van der Waals surface area contributed by atoms with Crippen LogP contribution in [0.3, 0.4) is 0 Å². The van der Waals surface area contributed by atoms with Crippen molar-refractivity contribution in [3.8, 4) is 0 Å². The molecule has 2 aliphatic rings. The molecule has 0 spiro atoms. The van der Waals surface area contributed by atoms with Gasteiger partial charge in [0, 0.05) is 12.1 Å². The third-order valence-electron chi connectivity index (χ3n) is 3.62. The van der Waals surface area contributed by atoms with Gasteiger partial charge in [-0.2, -0.15) is 0 Å². The van der Waals surface area contributed by atoms with Gasteiger partial charge < -0.3 is 10.2 Å². The molecule has 2 atom stereocenters. The van der Waals surface area contributed by atoms with E-state index in [1.807, 2.05) is 0 Å². The minimum atomic E-state index is 0.817. The quantitative estimate of drug-likeness (QED) is 0.711. The minimum Gasteiger partial charge on any atom is -0.311 e. The molecule has 2 heteroatoms. The highest BCUT2D eigenvalue weighted by Gasteiger charge is 2.36. The molecule has 0 aromatic heterocycles. The van der Waals surface area contributed by atoms with E-state index < -0.39 is 0 Å². The fraction of sp³-hybridized carbons (Fsp3) is 1.00. The number of likely N-dealkylation sites (tertiary alicyclic amines) is 1. The van der Waals surface area contributed by atoms with Crippen molar-refractivity contribution in [3.05, 3.63) is 0 Å². The molecule has 1 aliphatic heterocycles. The van der Waals surface area contributed by atoms with Crippen molar-refractivity contribution in [1.82, 2.24) is 10.2 Å². The van der Waals surface area contributed by atoms with Crippen molar-refractivity contribution in [1.29, 1.82) is 0 Å². The zero-order valence-corrected chi connectivity index (χ0v) is 8.92. The highest BCUT2D eigenvalue weighted by atomic mass is 15.1. The third-order valence-corrected chi connectivity index (χ3v) is 3.62. The normalized spacial score (nSPS) is 36.5. The van der Waals surface area contributed by atoms with Gasteiger partial charge in [-0.25, -0.2) is 0 Å². The van der Waals surface area contributed by atoms with Crippen LogP contribution in [0, 0.1) is 5.92 Å². The zero-order chi connectivity index (χ0) is 9.26. The topological polar surface area (TPSA) is 15.3 Å². The second-order valence-corrected chi connectivity index (χ2v) is 4.75. The van der Waals surface area contributed by atoms with Crippen molar-refractivity contribution < 1.29 is 0 Å². The van der Waals surface area contributed by atoms with Crippen molar-refractivity contribution in [3.63, 3.8) is 0 Å². The average molecular weight is 182 g/mol. The van der Waals surface area contributed by atoms with Crippen LogP contribution in [0.15, 0.2) is 0 Å². The first-order valence-electron chi connectivity index (χ1n) is 5.74. The van der Waals surface area contributed by atoms with E-state index in [9.17, 15) is 0 Å². The Morgan fingerprint density at radius 3 is 2.54 bits per heavy atom. The fourth-order valence-electron chi connectivity index (χ4n) is 2.38. The van der Waals surface area contributed by atoms with Crippen LogP contribution in [0.1, 0.15) is 32.6 Å². The zero-order valence-electron chi connectivity index (χ0n) is 8.92. The number of hydrogen-bond donors (Lipinski definition) is 1. The van der Waals surface area contributed by atoms with Crippen LogP contribution in [-0.4, -0.2) is 37.1 Å². The summed E-state index contributed by atoms with van der Waals surface area (Å²) in [6.45, 7) is 4.86. The standard InChI is InChI=1S/C11H22N2/c1-3-9-8-11(9)12-10-4-6-13(2)7-5-10/h9-12H,3-8H2,1-2H3. The van der Waals surface area contributed by atoms with Gasteiger partial charge >= 0.3 is 0 Å². The Labute approximate surface area is 81.7 Å². The minimum absolute atomic E-state index is 0.817. The molecule has 2 rings (SSSR count). The Hall–Kier alpha value is -0.0800. The molecule has 0 aromatic carbocycles. The van der Waals surface area contributed by atoms with E-state index in [-0.39, 0.29) is 0 Å². The van der Waals surface area contributed by atoms with Crippen LogP contribution in [0.2, 0.25) is 0 Å². The molecular formula is C11H22N2. The fourth-order valence-corrected chi connectivity index (χ4v) is 2.38. The molecule has 2 fully saturated rings. The number of nitrogens with one attached hydrogen (secondary N) is 1. The lowest BCUT2D eigenvalue weighted by Gasteiger charge is -2.29. The Morgan fingerprint density at radius 1 is 1.31 bits per heavy atom. The Balaban J connectivity index is 1.66. The summed E-state index contributed by atoms with van der Waals surface area (Å²) in [5.74, 6) is 1.000. The monoisotopic (exact) mass is 182 g/mol. The summed E-state index contributed by atoms with van der Waals surface area (Å²) in [6, 6.07) is 1.69. The second-order valence-electron chi connectivity index (χ2n) is 4.75. The second kappa shape index (κ2) is 3.97. The van der Waals surface area contributed by atoms with Crippen LogP contribution in [-0.2, 0) is 0 Å². The molecule has 0 amide bonds. The molecule has 76 valence electrons. The first-order valence-corrected chi connectivity index (χ1v) is 5.74. The summed E-state index contributed by atoms with van der Waals surface area (Å²) >= 11 is 0. The summed E-state index contributed by atoms with van der Waals surface area (Å²) < 4.78 is 0. The molecule has 13 heavy (non-hydrogen) atoms. The number of piperidine rings is 1. The van der Waals surface area contributed by atoms with Crippen LogP contribution in [0.25, 0.3) is 0 Å². The van der Waals surface area contributed by atoms with Crippen LogP contribution in [0.5, 0.6) is 0 Å². The summed E-state index contributed by atoms with van der Waals surface area (Å²) in [6.07, 6.45) is 5.50. The summed E-state index contributed by atoms with van der Waals surface area (Å²) in [4.78, 5) is 2.43. The number of rotatable bonds is 3. The Bertz CT molecular complexity index is 161. The van der Waals surface area contributed by atoms with Gasteiger partial charge in [-0.1, -0.05) is 13.3 Å². The van der Waals surface area contributed by atoms with Gasteiger partial charge in [0.25, 0.3) is 0 Å². The molecule has 0 bridgehead atoms. The van der Waals surface area contributed by atoms with Crippen molar-refractivity contribution >= 4 is 0 Å².